The summed E-state index contributed by atoms with van der Waals surface area (Å²) in [5.41, 5.74) is -0.184. The summed E-state index contributed by atoms with van der Waals surface area (Å²) in [4.78, 5) is 29.5. The van der Waals surface area contributed by atoms with Crippen molar-refractivity contribution in [1.82, 2.24) is 19.3 Å². The maximum Gasteiger partial charge on any atom is 0.259 e. The number of anilines is 1. The van der Waals surface area contributed by atoms with Gasteiger partial charge in [0.15, 0.2) is 0 Å². The molecule has 0 bridgehead atoms. The van der Waals surface area contributed by atoms with Gasteiger partial charge in [-0.3, -0.25) is 14.9 Å². The van der Waals surface area contributed by atoms with Crippen LogP contribution in [0.4, 0.5) is 5.95 Å². The van der Waals surface area contributed by atoms with Crippen LogP contribution in [0.15, 0.2) is 47.7 Å². The van der Waals surface area contributed by atoms with Crippen molar-refractivity contribution in [3.05, 3.63) is 53.2 Å². The Morgan fingerprint density at radius 1 is 1.19 bits per heavy atom. The van der Waals surface area contributed by atoms with E-state index in [1.165, 1.54) is 23.8 Å². The monoisotopic (exact) mass is 365 g/mol. The van der Waals surface area contributed by atoms with E-state index >= 15 is 0 Å². The number of rotatable bonds is 4. The van der Waals surface area contributed by atoms with Crippen LogP contribution in [0, 0.1) is 0 Å². The van der Waals surface area contributed by atoms with Gasteiger partial charge in [-0.15, -0.1) is 5.10 Å². The zero-order valence-corrected chi connectivity index (χ0v) is 15.3. The molecule has 7 heteroatoms. The third kappa shape index (κ3) is 3.49. The van der Waals surface area contributed by atoms with Crippen LogP contribution in [0.5, 0.6) is 0 Å². The average Bonchev–Trinajstić information content (AvgIpc) is 3.17. The minimum atomic E-state index is -0.663. The van der Waals surface area contributed by atoms with Gasteiger partial charge in [-0.25, -0.2) is 9.67 Å². The number of aromatic nitrogens is 4. The Kier molecular flexibility index (Phi) is 4.75. The van der Waals surface area contributed by atoms with Crippen molar-refractivity contribution >= 4 is 22.6 Å². The van der Waals surface area contributed by atoms with Gasteiger partial charge >= 0.3 is 0 Å². The predicted octanol–water partition coefficient (Wildman–Crippen LogP) is 3.30. The van der Waals surface area contributed by atoms with E-state index in [0.717, 1.165) is 18.2 Å². The van der Waals surface area contributed by atoms with Crippen LogP contribution in [0.3, 0.4) is 0 Å². The number of nitrogens with zero attached hydrogens (tertiary/aromatic N) is 4. The van der Waals surface area contributed by atoms with Crippen molar-refractivity contribution in [3.63, 3.8) is 0 Å². The Bertz CT molecular complexity index is 1020. The highest BCUT2D eigenvalue weighted by Crippen LogP contribution is 2.27. The SMILES string of the molecule is CC(C(=O)Nc1ncn(C2CCCCC2)n1)n1ccc2ccccc2c1=O. The van der Waals surface area contributed by atoms with Gasteiger partial charge in [-0.05, 0) is 37.3 Å². The molecule has 2 aromatic heterocycles. The number of hydrogen-bond donors (Lipinski definition) is 1. The topological polar surface area (TPSA) is 81.8 Å². The molecule has 1 saturated carbocycles. The van der Waals surface area contributed by atoms with Crippen molar-refractivity contribution in [1.29, 1.82) is 0 Å². The van der Waals surface area contributed by atoms with E-state index in [4.69, 9.17) is 0 Å². The van der Waals surface area contributed by atoms with Gasteiger partial charge < -0.3 is 4.57 Å². The summed E-state index contributed by atoms with van der Waals surface area (Å²) in [6.45, 7) is 1.70. The van der Waals surface area contributed by atoms with Crippen LogP contribution in [-0.2, 0) is 4.79 Å². The van der Waals surface area contributed by atoms with E-state index in [-0.39, 0.29) is 17.4 Å². The molecule has 1 atom stereocenters. The van der Waals surface area contributed by atoms with E-state index in [1.54, 1.807) is 25.5 Å². The minimum absolute atomic E-state index is 0.184. The summed E-state index contributed by atoms with van der Waals surface area (Å²) in [6.07, 6.45) is 9.20. The standard InChI is InChI=1S/C20H23N5O2/c1-14(24-12-11-15-7-5-6-10-17(15)19(24)27)18(26)22-20-21-13-25(23-20)16-8-3-2-4-9-16/h5-7,10-14,16H,2-4,8-9H2,1H3,(H,22,23,26). The van der Waals surface area contributed by atoms with E-state index < -0.39 is 6.04 Å². The molecule has 1 aromatic carbocycles. The Morgan fingerprint density at radius 3 is 2.78 bits per heavy atom. The molecule has 0 aliphatic heterocycles. The fourth-order valence-corrected chi connectivity index (χ4v) is 3.70. The number of hydrogen-bond acceptors (Lipinski definition) is 4. The molecule has 1 aliphatic rings. The van der Waals surface area contributed by atoms with Crippen molar-refractivity contribution in [2.75, 3.05) is 5.32 Å². The van der Waals surface area contributed by atoms with Crippen molar-refractivity contribution in [2.24, 2.45) is 0 Å². The van der Waals surface area contributed by atoms with E-state index in [0.29, 0.717) is 11.4 Å². The van der Waals surface area contributed by atoms with Gasteiger partial charge in [0.1, 0.15) is 12.4 Å². The molecule has 0 spiro atoms. The number of pyridine rings is 1. The van der Waals surface area contributed by atoms with E-state index in [1.807, 2.05) is 28.9 Å². The van der Waals surface area contributed by atoms with Crippen LogP contribution in [-0.4, -0.2) is 25.2 Å². The third-order valence-corrected chi connectivity index (χ3v) is 5.33. The Balaban J connectivity index is 1.51. The van der Waals surface area contributed by atoms with Crippen molar-refractivity contribution < 1.29 is 4.79 Å². The first kappa shape index (κ1) is 17.5. The van der Waals surface area contributed by atoms with Gasteiger partial charge in [0.2, 0.25) is 11.9 Å². The summed E-state index contributed by atoms with van der Waals surface area (Å²) >= 11 is 0. The molecule has 1 fully saturated rings. The van der Waals surface area contributed by atoms with Crippen LogP contribution in [0.2, 0.25) is 0 Å². The Morgan fingerprint density at radius 2 is 1.96 bits per heavy atom. The number of carbonyl (C=O) groups excluding carboxylic acids is 1. The Hall–Kier alpha value is -2.96. The lowest BCUT2D eigenvalue weighted by Crippen LogP contribution is -2.31. The molecular formula is C20H23N5O2. The van der Waals surface area contributed by atoms with Gasteiger partial charge in [0, 0.05) is 11.6 Å². The second-order valence-corrected chi connectivity index (χ2v) is 7.12. The van der Waals surface area contributed by atoms with Crippen LogP contribution < -0.4 is 10.9 Å². The smallest absolute Gasteiger partial charge is 0.259 e. The van der Waals surface area contributed by atoms with Gasteiger partial charge in [-0.1, -0.05) is 37.5 Å². The molecule has 1 unspecified atom stereocenters. The van der Waals surface area contributed by atoms with Gasteiger partial charge in [-0.2, -0.15) is 0 Å². The third-order valence-electron chi connectivity index (χ3n) is 5.33. The lowest BCUT2D eigenvalue weighted by Gasteiger charge is -2.21. The highest BCUT2D eigenvalue weighted by atomic mass is 16.2. The molecule has 4 rings (SSSR count). The number of nitrogens with one attached hydrogen (secondary N) is 1. The second kappa shape index (κ2) is 7.34. The average molecular weight is 365 g/mol. The molecule has 0 saturated heterocycles. The fraction of sp³-hybridized carbons (Fsp3) is 0.400. The fourth-order valence-electron chi connectivity index (χ4n) is 3.70. The van der Waals surface area contributed by atoms with Crippen LogP contribution in [0.25, 0.3) is 10.8 Å². The molecule has 7 nitrogen and oxygen atoms in total. The summed E-state index contributed by atoms with van der Waals surface area (Å²) < 4.78 is 3.29. The summed E-state index contributed by atoms with van der Waals surface area (Å²) in [5.74, 6) is -0.0277. The minimum Gasteiger partial charge on any atom is -0.303 e. The largest absolute Gasteiger partial charge is 0.303 e. The summed E-state index contributed by atoms with van der Waals surface area (Å²) in [7, 11) is 0. The molecular weight excluding hydrogens is 342 g/mol. The first-order valence-corrected chi connectivity index (χ1v) is 9.45. The normalized spacial score (nSPS) is 16.3. The van der Waals surface area contributed by atoms with E-state index in [9.17, 15) is 9.59 Å². The molecule has 3 aromatic rings. The first-order valence-electron chi connectivity index (χ1n) is 9.45. The highest BCUT2D eigenvalue weighted by molar-refractivity contribution is 5.92. The van der Waals surface area contributed by atoms with Crippen molar-refractivity contribution in [2.45, 2.75) is 51.1 Å². The predicted molar refractivity (Wildman–Crippen MR) is 104 cm³/mol. The molecule has 0 radical (unpaired) electrons. The van der Waals surface area contributed by atoms with Crippen molar-refractivity contribution in [3.8, 4) is 0 Å². The number of benzene rings is 1. The van der Waals surface area contributed by atoms with E-state index in [2.05, 4.69) is 15.4 Å². The second-order valence-electron chi connectivity index (χ2n) is 7.12. The number of carbonyl (C=O) groups is 1. The quantitative estimate of drug-likeness (QED) is 0.769. The molecule has 2 heterocycles. The first-order chi connectivity index (χ1) is 13.1. The lowest BCUT2D eigenvalue weighted by molar-refractivity contribution is -0.118. The zero-order chi connectivity index (χ0) is 18.8. The molecule has 27 heavy (non-hydrogen) atoms. The maximum atomic E-state index is 12.7. The summed E-state index contributed by atoms with van der Waals surface area (Å²) in [6, 6.07) is 8.90. The van der Waals surface area contributed by atoms with Gasteiger partial charge in [0.05, 0.1) is 6.04 Å². The molecule has 1 aliphatic carbocycles. The molecule has 140 valence electrons. The maximum absolute atomic E-state index is 12.7. The molecule has 1 amide bonds. The summed E-state index contributed by atoms with van der Waals surface area (Å²) in [5, 5.41) is 8.60. The lowest BCUT2D eigenvalue weighted by atomic mass is 9.96. The number of amides is 1. The number of fused-ring (bicyclic) bond motifs is 1. The van der Waals surface area contributed by atoms with Crippen LogP contribution >= 0.6 is 0 Å². The Labute approximate surface area is 157 Å². The molecule has 1 N–H and O–H groups in total. The van der Waals surface area contributed by atoms with Gasteiger partial charge in [0.25, 0.3) is 5.56 Å². The zero-order valence-electron chi connectivity index (χ0n) is 15.3. The highest BCUT2D eigenvalue weighted by Gasteiger charge is 2.20. The van der Waals surface area contributed by atoms with Crippen LogP contribution in [0.1, 0.15) is 51.1 Å².